The standard InChI is InChI=1S/C10H11Br3O/c1-2-6(5-11)7-3-8(12)10(14)9(13)4-7/h3-4,6,14H,2,5H2,1H3. The van der Waals surface area contributed by atoms with Gasteiger partial charge in [-0.05, 0) is 61.9 Å². The SMILES string of the molecule is CCC(CBr)c1cc(Br)c(O)c(Br)c1. The summed E-state index contributed by atoms with van der Waals surface area (Å²) in [6.45, 7) is 2.15. The van der Waals surface area contributed by atoms with Crippen LogP contribution in [0.25, 0.3) is 0 Å². The van der Waals surface area contributed by atoms with E-state index in [0.717, 1.165) is 20.7 Å². The molecular weight excluding hydrogens is 376 g/mol. The second-order valence-corrected chi connectivity index (χ2v) is 5.45. The van der Waals surface area contributed by atoms with Crippen LogP contribution < -0.4 is 0 Å². The van der Waals surface area contributed by atoms with Gasteiger partial charge in [-0.15, -0.1) is 0 Å². The fourth-order valence-corrected chi connectivity index (χ4v) is 3.31. The fourth-order valence-electron chi connectivity index (χ4n) is 1.25. The van der Waals surface area contributed by atoms with Crippen molar-refractivity contribution in [1.29, 1.82) is 0 Å². The lowest BCUT2D eigenvalue weighted by Gasteiger charge is -2.13. The summed E-state index contributed by atoms with van der Waals surface area (Å²) in [5.41, 5.74) is 1.22. The maximum Gasteiger partial charge on any atom is 0.143 e. The first-order valence-electron chi connectivity index (χ1n) is 4.34. The molecule has 0 aliphatic heterocycles. The summed E-state index contributed by atoms with van der Waals surface area (Å²) in [5, 5.41) is 10.5. The van der Waals surface area contributed by atoms with E-state index in [-0.39, 0.29) is 5.75 Å². The van der Waals surface area contributed by atoms with Gasteiger partial charge in [0.25, 0.3) is 0 Å². The molecule has 0 aliphatic rings. The van der Waals surface area contributed by atoms with Crippen LogP contribution in [-0.2, 0) is 0 Å². The van der Waals surface area contributed by atoms with Gasteiger partial charge in [-0.2, -0.15) is 0 Å². The molecule has 14 heavy (non-hydrogen) atoms. The van der Waals surface area contributed by atoms with Gasteiger partial charge >= 0.3 is 0 Å². The van der Waals surface area contributed by atoms with Gasteiger partial charge in [-0.1, -0.05) is 22.9 Å². The van der Waals surface area contributed by atoms with E-state index in [1.165, 1.54) is 5.56 Å². The molecule has 4 heteroatoms. The monoisotopic (exact) mass is 384 g/mol. The number of hydrogen-bond donors (Lipinski definition) is 1. The number of aromatic hydroxyl groups is 1. The van der Waals surface area contributed by atoms with E-state index >= 15 is 0 Å². The number of rotatable bonds is 3. The predicted octanol–water partition coefficient (Wildman–Crippen LogP) is 4.81. The molecule has 0 saturated heterocycles. The first-order valence-corrected chi connectivity index (χ1v) is 7.04. The highest BCUT2D eigenvalue weighted by Crippen LogP contribution is 2.36. The average Bonchev–Trinajstić information content (AvgIpc) is 2.16. The Hall–Kier alpha value is 0.460. The number of hydrogen-bond acceptors (Lipinski definition) is 1. The molecule has 78 valence electrons. The topological polar surface area (TPSA) is 20.2 Å². The van der Waals surface area contributed by atoms with E-state index in [4.69, 9.17) is 0 Å². The number of benzene rings is 1. The Balaban J connectivity index is 3.11. The van der Waals surface area contributed by atoms with E-state index in [1.54, 1.807) is 0 Å². The van der Waals surface area contributed by atoms with Gasteiger partial charge in [0.2, 0.25) is 0 Å². The van der Waals surface area contributed by atoms with Crippen LogP contribution in [0.1, 0.15) is 24.8 Å². The second kappa shape index (κ2) is 5.52. The molecule has 1 rings (SSSR count). The van der Waals surface area contributed by atoms with Crippen molar-refractivity contribution in [3.05, 3.63) is 26.6 Å². The zero-order valence-corrected chi connectivity index (χ0v) is 12.5. The molecule has 0 bridgehead atoms. The smallest absolute Gasteiger partial charge is 0.143 e. The molecule has 1 nitrogen and oxygen atoms in total. The summed E-state index contributed by atoms with van der Waals surface area (Å²) in [4.78, 5) is 0. The lowest BCUT2D eigenvalue weighted by Crippen LogP contribution is -1.98. The Morgan fingerprint density at radius 2 is 1.79 bits per heavy atom. The third kappa shape index (κ3) is 2.74. The summed E-state index contributed by atoms with van der Waals surface area (Å²) in [6.07, 6.45) is 1.08. The van der Waals surface area contributed by atoms with Crippen molar-refractivity contribution in [2.75, 3.05) is 5.33 Å². The van der Waals surface area contributed by atoms with Crippen molar-refractivity contribution >= 4 is 47.8 Å². The van der Waals surface area contributed by atoms with Gasteiger partial charge in [0, 0.05) is 5.33 Å². The van der Waals surface area contributed by atoms with Crippen LogP contribution in [0.3, 0.4) is 0 Å². The normalized spacial score (nSPS) is 12.9. The van der Waals surface area contributed by atoms with Crippen molar-refractivity contribution in [1.82, 2.24) is 0 Å². The van der Waals surface area contributed by atoms with Gasteiger partial charge in [0.15, 0.2) is 0 Å². The third-order valence-electron chi connectivity index (χ3n) is 2.19. The second-order valence-electron chi connectivity index (χ2n) is 3.09. The zero-order chi connectivity index (χ0) is 10.7. The average molecular weight is 387 g/mol. The van der Waals surface area contributed by atoms with E-state index in [9.17, 15) is 5.11 Å². The molecule has 1 unspecified atom stereocenters. The van der Waals surface area contributed by atoms with Gasteiger partial charge in [-0.3, -0.25) is 0 Å². The van der Waals surface area contributed by atoms with Crippen LogP contribution in [0.5, 0.6) is 5.75 Å². The number of alkyl halides is 1. The first-order chi connectivity index (χ1) is 6.60. The van der Waals surface area contributed by atoms with Crippen LogP contribution in [0, 0.1) is 0 Å². The van der Waals surface area contributed by atoms with Crippen molar-refractivity contribution in [2.24, 2.45) is 0 Å². The van der Waals surface area contributed by atoms with E-state index < -0.39 is 0 Å². The molecule has 1 atom stereocenters. The van der Waals surface area contributed by atoms with Gasteiger partial charge < -0.3 is 5.11 Å². The number of halogens is 3. The Labute approximate surface area is 109 Å². The fraction of sp³-hybridized carbons (Fsp3) is 0.400. The molecule has 0 heterocycles. The van der Waals surface area contributed by atoms with Crippen LogP contribution in [-0.4, -0.2) is 10.4 Å². The summed E-state index contributed by atoms with van der Waals surface area (Å²) in [7, 11) is 0. The Morgan fingerprint density at radius 3 is 2.14 bits per heavy atom. The Kier molecular flexibility index (Phi) is 4.94. The van der Waals surface area contributed by atoms with Crippen LogP contribution in [0.15, 0.2) is 21.1 Å². The summed E-state index contributed by atoms with van der Waals surface area (Å²) < 4.78 is 1.47. The van der Waals surface area contributed by atoms with Gasteiger partial charge in [0.1, 0.15) is 5.75 Å². The quantitative estimate of drug-likeness (QED) is 0.739. The molecule has 0 aliphatic carbocycles. The maximum absolute atomic E-state index is 9.55. The minimum absolute atomic E-state index is 0.262. The highest BCUT2D eigenvalue weighted by molar-refractivity contribution is 9.11. The molecule has 0 spiro atoms. The van der Waals surface area contributed by atoms with Crippen LogP contribution in [0.2, 0.25) is 0 Å². The third-order valence-corrected chi connectivity index (χ3v) is 4.18. The molecule has 0 aromatic heterocycles. The zero-order valence-electron chi connectivity index (χ0n) is 7.73. The Morgan fingerprint density at radius 1 is 1.29 bits per heavy atom. The summed E-state index contributed by atoms with van der Waals surface area (Å²) >= 11 is 10.1. The summed E-state index contributed by atoms with van der Waals surface area (Å²) in [6, 6.07) is 3.94. The van der Waals surface area contributed by atoms with E-state index in [0.29, 0.717) is 5.92 Å². The first kappa shape index (κ1) is 12.5. The molecular formula is C10H11Br3O. The minimum atomic E-state index is 0.262. The molecule has 0 saturated carbocycles. The molecule has 1 aromatic rings. The summed E-state index contributed by atoms with van der Waals surface area (Å²) in [5.74, 6) is 0.751. The van der Waals surface area contributed by atoms with Gasteiger partial charge in [0.05, 0.1) is 8.95 Å². The lowest BCUT2D eigenvalue weighted by atomic mass is 9.99. The van der Waals surface area contributed by atoms with Gasteiger partial charge in [-0.25, -0.2) is 0 Å². The molecule has 1 N–H and O–H groups in total. The minimum Gasteiger partial charge on any atom is -0.506 e. The maximum atomic E-state index is 9.55. The predicted molar refractivity (Wildman–Crippen MR) is 70.3 cm³/mol. The van der Waals surface area contributed by atoms with Crippen molar-refractivity contribution < 1.29 is 5.11 Å². The van der Waals surface area contributed by atoms with Crippen molar-refractivity contribution in [2.45, 2.75) is 19.3 Å². The van der Waals surface area contributed by atoms with Crippen LogP contribution in [0.4, 0.5) is 0 Å². The van der Waals surface area contributed by atoms with E-state index in [1.807, 2.05) is 12.1 Å². The van der Waals surface area contributed by atoms with Crippen molar-refractivity contribution in [3.63, 3.8) is 0 Å². The highest BCUT2D eigenvalue weighted by atomic mass is 79.9. The highest BCUT2D eigenvalue weighted by Gasteiger charge is 2.12. The molecule has 0 radical (unpaired) electrons. The molecule has 0 amide bonds. The number of phenols is 1. The molecule has 0 fully saturated rings. The largest absolute Gasteiger partial charge is 0.506 e. The van der Waals surface area contributed by atoms with Crippen LogP contribution >= 0.6 is 47.8 Å². The molecule has 1 aromatic carbocycles. The lowest BCUT2D eigenvalue weighted by molar-refractivity contribution is 0.468. The Bertz CT molecular complexity index is 298. The van der Waals surface area contributed by atoms with E-state index in [2.05, 4.69) is 54.7 Å². The van der Waals surface area contributed by atoms with Crippen molar-refractivity contribution in [3.8, 4) is 5.75 Å². The number of phenolic OH excluding ortho intramolecular Hbond substituents is 1.